The zero-order valence-corrected chi connectivity index (χ0v) is 12.1. The summed E-state index contributed by atoms with van der Waals surface area (Å²) in [5.41, 5.74) is 0. The van der Waals surface area contributed by atoms with Crippen LogP contribution in [-0.2, 0) is 0 Å². The van der Waals surface area contributed by atoms with Gasteiger partial charge >= 0.3 is 0 Å². The Morgan fingerprint density at radius 1 is 1.00 bits per heavy atom. The molecule has 0 aromatic heterocycles. The Hall–Kier alpha value is -0.0800. The average Bonchev–Trinajstić information content (AvgIpc) is 2.21. The molecule has 0 aromatic carbocycles. The van der Waals surface area contributed by atoms with E-state index in [1.54, 1.807) is 0 Å². The number of unbranched alkanes of at least 4 members (excludes halogenated alkanes) is 2. The van der Waals surface area contributed by atoms with E-state index in [2.05, 4.69) is 44.8 Å². The summed E-state index contributed by atoms with van der Waals surface area (Å²) in [7, 11) is 0. The van der Waals surface area contributed by atoms with Crippen LogP contribution in [0.3, 0.4) is 0 Å². The summed E-state index contributed by atoms with van der Waals surface area (Å²) in [6.07, 6.45) is 4.02. The van der Waals surface area contributed by atoms with Crippen molar-refractivity contribution in [1.82, 2.24) is 10.2 Å². The summed E-state index contributed by atoms with van der Waals surface area (Å²) >= 11 is 0. The van der Waals surface area contributed by atoms with Crippen molar-refractivity contribution in [2.75, 3.05) is 26.2 Å². The van der Waals surface area contributed by atoms with E-state index in [0.29, 0.717) is 6.04 Å². The molecule has 0 bridgehead atoms. The molecular formula is C14H32N2. The lowest BCUT2D eigenvalue weighted by Gasteiger charge is -2.24. The lowest BCUT2D eigenvalue weighted by atomic mass is 10.2. The fourth-order valence-electron chi connectivity index (χ4n) is 1.91. The van der Waals surface area contributed by atoms with Crippen LogP contribution >= 0.6 is 0 Å². The van der Waals surface area contributed by atoms with Gasteiger partial charge in [0.2, 0.25) is 0 Å². The molecule has 16 heavy (non-hydrogen) atoms. The molecule has 0 spiro atoms. The van der Waals surface area contributed by atoms with E-state index in [-0.39, 0.29) is 0 Å². The average molecular weight is 228 g/mol. The second kappa shape index (κ2) is 10.1. The maximum atomic E-state index is 3.50. The van der Waals surface area contributed by atoms with Crippen molar-refractivity contribution in [3.63, 3.8) is 0 Å². The third kappa shape index (κ3) is 9.17. The summed E-state index contributed by atoms with van der Waals surface area (Å²) in [5.74, 6) is 0.775. The van der Waals surface area contributed by atoms with Gasteiger partial charge in [-0.25, -0.2) is 0 Å². The van der Waals surface area contributed by atoms with Crippen molar-refractivity contribution in [2.24, 2.45) is 5.92 Å². The minimum absolute atomic E-state index is 0.698. The molecule has 0 aliphatic rings. The Morgan fingerprint density at radius 3 is 2.19 bits per heavy atom. The molecule has 0 atom stereocenters. The van der Waals surface area contributed by atoms with Crippen LogP contribution in [0.25, 0.3) is 0 Å². The normalized spacial score (nSPS) is 12.0. The fraction of sp³-hybridized carbons (Fsp3) is 1.00. The van der Waals surface area contributed by atoms with Gasteiger partial charge in [0, 0.05) is 6.04 Å². The topological polar surface area (TPSA) is 15.3 Å². The summed E-state index contributed by atoms with van der Waals surface area (Å²) in [4.78, 5) is 2.54. The highest BCUT2D eigenvalue weighted by Crippen LogP contribution is 2.02. The zero-order valence-electron chi connectivity index (χ0n) is 12.1. The summed E-state index contributed by atoms with van der Waals surface area (Å²) in [5, 5.41) is 3.50. The Morgan fingerprint density at radius 2 is 1.69 bits per heavy atom. The molecule has 0 amide bonds. The molecule has 0 aliphatic heterocycles. The van der Waals surface area contributed by atoms with Crippen molar-refractivity contribution in [3.05, 3.63) is 0 Å². The number of hydrogen-bond acceptors (Lipinski definition) is 2. The largest absolute Gasteiger partial charge is 0.316 e. The molecule has 0 aliphatic carbocycles. The molecule has 0 heterocycles. The van der Waals surface area contributed by atoms with E-state index in [9.17, 15) is 0 Å². The summed E-state index contributed by atoms with van der Waals surface area (Å²) < 4.78 is 0. The number of nitrogens with one attached hydrogen (secondary N) is 1. The van der Waals surface area contributed by atoms with Crippen molar-refractivity contribution < 1.29 is 0 Å². The van der Waals surface area contributed by atoms with Crippen molar-refractivity contribution in [2.45, 2.75) is 59.9 Å². The predicted octanol–water partition coefficient (Wildman–Crippen LogP) is 3.13. The molecule has 0 rings (SSSR count). The van der Waals surface area contributed by atoms with E-state index in [1.807, 2.05) is 0 Å². The van der Waals surface area contributed by atoms with Gasteiger partial charge in [-0.1, -0.05) is 27.2 Å². The quantitative estimate of drug-likeness (QED) is 0.578. The van der Waals surface area contributed by atoms with Gasteiger partial charge < -0.3 is 10.2 Å². The first-order valence-corrected chi connectivity index (χ1v) is 7.02. The van der Waals surface area contributed by atoms with Crippen molar-refractivity contribution in [3.8, 4) is 0 Å². The molecule has 0 saturated heterocycles. The first kappa shape index (κ1) is 15.9. The van der Waals surface area contributed by atoms with Crippen LogP contribution < -0.4 is 5.32 Å². The smallest absolute Gasteiger partial charge is 0.00384 e. The summed E-state index contributed by atoms with van der Waals surface area (Å²) in [6.45, 7) is 16.1. The van der Waals surface area contributed by atoms with Gasteiger partial charge in [-0.3, -0.25) is 0 Å². The molecule has 98 valence electrons. The van der Waals surface area contributed by atoms with Crippen LogP contribution in [-0.4, -0.2) is 37.1 Å². The predicted molar refractivity (Wildman–Crippen MR) is 73.9 cm³/mol. The van der Waals surface area contributed by atoms with E-state index < -0.39 is 0 Å². The van der Waals surface area contributed by atoms with Crippen LogP contribution in [0.4, 0.5) is 0 Å². The van der Waals surface area contributed by atoms with E-state index in [1.165, 1.54) is 38.9 Å². The minimum atomic E-state index is 0.698. The van der Waals surface area contributed by atoms with Gasteiger partial charge in [-0.2, -0.15) is 0 Å². The highest BCUT2D eigenvalue weighted by molar-refractivity contribution is 4.61. The Kier molecular flexibility index (Phi) is 10.0. The van der Waals surface area contributed by atoms with Gasteiger partial charge in [0.15, 0.2) is 0 Å². The lowest BCUT2D eigenvalue weighted by Crippen LogP contribution is -2.31. The number of rotatable bonds is 10. The Labute approximate surface area is 103 Å². The lowest BCUT2D eigenvalue weighted by molar-refractivity contribution is 0.228. The molecule has 0 unspecified atom stereocenters. The minimum Gasteiger partial charge on any atom is -0.316 e. The zero-order chi connectivity index (χ0) is 12.4. The molecule has 0 aromatic rings. The van der Waals surface area contributed by atoms with Crippen LogP contribution in [0.2, 0.25) is 0 Å². The monoisotopic (exact) mass is 228 g/mol. The first-order chi connectivity index (χ1) is 7.57. The van der Waals surface area contributed by atoms with Crippen LogP contribution in [0.1, 0.15) is 53.9 Å². The SMILES string of the molecule is CCN(CCCCCNCC(C)C)C(C)C. The Bertz CT molecular complexity index is 144. The van der Waals surface area contributed by atoms with Gasteiger partial charge in [0.25, 0.3) is 0 Å². The van der Waals surface area contributed by atoms with E-state index in [4.69, 9.17) is 0 Å². The second-order valence-electron chi connectivity index (χ2n) is 5.38. The molecule has 0 saturated carbocycles. The number of nitrogens with zero attached hydrogens (tertiary/aromatic N) is 1. The van der Waals surface area contributed by atoms with Crippen LogP contribution in [0.5, 0.6) is 0 Å². The van der Waals surface area contributed by atoms with Crippen LogP contribution in [0.15, 0.2) is 0 Å². The molecule has 0 fully saturated rings. The number of hydrogen-bond donors (Lipinski definition) is 1. The van der Waals surface area contributed by atoms with E-state index in [0.717, 1.165) is 12.5 Å². The van der Waals surface area contributed by atoms with Crippen molar-refractivity contribution >= 4 is 0 Å². The highest BCUT2D eigenvalue weighted by atomic mass is 15.1. The third-order valence-electron chi connectivity index (χ3n) is 2.99. The standard InChI is InChI=1S/C14H32N2/c1-6-16(14(4)5)11-9-7-8-10-15-12-13(2)3/h13-15H,6-12H2,1-5H3. The maximum absolute atomic E-state index is 3.50. The first-order valence-electron chi connectivity index (χ1n) is 7.02. The molecule has 1 N–H and O–H groups in total. The van der Waals surface area contributed by atoms with Gasteiger partial charge in [-0.05, 0) is 58.8 Å². The van der Waals surface area contributed by atoms with Crippen LogP contribution in [0, 0.1) is 5.92 Å². The fourth-order valence-corrected chi connectivity index (χ4v) is 1.91. The molecule has 2 nitrogen and oxygen atoms in total. The van der Waals surface area contributed by atoms with Crippen molar-refractivity contribution in [1.29, 1.82) is 0 Å². The maximum Gasteiger partial charge on any atom is 0.00384 e. The molecular weight excluding hydrogens is 196 g/mol. The van der Waals surface area contributed by atoms with Gasteiger partial charge in [0.05, 0.1) is 0 Å². The van der Waals surface area contributed by atoms with E-state index >= 15 is 0 Å². The molecule has 2 heteroatoms. The second-order valence-corrected chi connectivity index (χ2v) is 5.38. The summed E-state index contributed by atoms with van der Waals surface area (Å²) in [6, 6.07) is 0.698. The highest BCUT2D eigenvalue weighted by Gasteiger charge is 2.05. The van der Waals surface area contributed by atoms with Gasteiger partial charge in [0.1, 0.15) is 0 Å². The molecule has 0 radical (unpaired) electrons. The Balaban J connectivity index is 3.26. The third-order valence-corrected chi connectivity index (χ3v) is 2.99. The van der Waals surface area contributed by atoms with Gasteiger partial charge in [-0.15, -0.1) is 0 Å².